The van der Waals surface area contributed by atoms with Crippen LogP contribution in [0, 0.1) is 28.6 Å². The maximum Gasteiger partial charge on any atom is 0.0684 e. The molecule has 0 aromatic heterocycles. The van der Waals surface area contributed by atoms with Gasteiger partial charge < -0.3 is 4.74 Å². The lowest BCUT2D eigenvalue weighted by molar-refractivity contribution is -0.100. The topological polar surface area (TPSA) is 9.23 Å². The zero-order valence-electron chi connectivity index (χ0n) is 12.2. The average Bonchev–Trinajstić information content (AvgIpc) is 2.70. The van der Waals surface area contributed by atoms with E-state index in [0.717, 1.165) is 17.8 Å². The van der Waals surface area contributed by atoms with Crippen LogP contribution in [0.2, 0.25) is 0 Å². The first kappa shape index (κ1) is 12.0. The summed E-state index contributed by atoms with van der Waals surface area (Å²) in [7, 11) is 1.92. The summed E-state index contributed by atoms with van der Waals surface area (Å²) in [5.41, 5.74) is 1.29. The van der Waals surface area contributed by atoms with Crippen LogP contribution in [0.5, 0.6) is 0 Å². The van der Waals surface area contributed by atoms with Gasteiger partial charge in [0.05, 0.1) is 5.60 Å². The molecule has 0 amide bonds. The molecule has 0 N–H and O–H groups in total. The van der Waals surface area contributed by atoms with Gasteiger partial charge in [-0.15, -0.1) is 0 Å². The summed E-state index contributed by atoms with van der Waals surface area (Å²) < 4.78 is 5.94. The van der Waals surface area contributed by atoms with Gasteiger partial charge in [0.15, 0.2) is 0 Å². The highest BCUT2D eigenvalue weighted by molar-refractivity contribution is 5.17. The second-order valence-corrected chi connectivity index (χ2v) is 7.86. The molecule has 98 valence electrons. The van der Waals surface area contributed by atoms with Gasteiger partial charge in [-0.2, -0.15) is 0 Å². The number of hydrogen-bond donors (Lipinski definition) is 0. The first-order valence-electron chi connectivity index (χ1n) is 7.42. The van der Waals surface area contributed by atoms with Gasteiger partial charge in [-0.05, 0) is 67.6 Å². The van der Waals surface area contributed by atoms with Crippen molar-refractivity contribution >= 4 is 0 Å². The van der Waals surface area contributed by atoms with Crippen molar-refractivity contribution < 1.29 is 4.74 Å². The SMILES string of the molecule is CO[C@@]1(C)CC[C@@]23C[C@@H]1C(C)(C)[C@@H]2CC[C@@H]3C. The van der Waals surface area contributed by atoms with Gasteiger partial charge in [-0.1, -0.05) is 20.8 Å². The van der Waals surface area contributed by atoms with Crippen molar-refractivity contribution in [2.24, 2.45) is 28.6 Å². The lowest BCUT2D eigenvalue weighted by Crippen LogP contribution is -2.45. The standard InChI is InChI=1S/C16H28O/c1-11-6-7-12-14(2,3)13-10-16(11,12)9-8-15(13,4)17-5/h11-13H,6-10H2,1-5H3/t11-,12-,13+,15-,16-/m0/s1. The first-order valence-corrected chi connectivity index (χ1v) is 7.42. The Kier molecular flexibility index (Phi) is 2.32. The third-order valence-electron chi connectivity index (χ3n) is 7.23. The fourth-order valence-corrected chi connectivity index (χ4v) is 6.10. The molecule has 1 spiro atoms. The summed E-state index contributed by atoms with van der Waals surface area (Å²) in [5.74, 6) is 2.66. The molecule has 2 bridgehead atoms. The van der Waals surface area contributed by atoms with Crippen molar-refractivity contribution in [2.75, 3.05) is 7.11 Å². The van der Waals surface area contributed by atoms with Gasteiger partial charge in [0.25, 0.3) is 0 Å². The van der Waals surface area contributed by atoms with E-state index in [-0.39, 0.29) is 5.60 Å². The van der Waals surface area contributed by atoms with Gasteiger partial charge in [-0.3, -0.25) is 0 Å². The molecular weight excluding hydrogens is 208 g/mol. The van der Waals surface area contributed by atoms with Crippen LogP contribution in [0.25, 0.3) is 0 Å². The van der Waals surface area contributed by atoms with Gasteiger partial charge >= 0.3 is 0 Å². The zero-order chi connectivity index (χ0) is 12.5. The summed E-state index contributed by atoms with van der Waals surface area (Å²) >= 11 is 0. The number of rotatable bonds is 1. The van der Waals surface area contributed by atoms with E-state index in [4.69, 9.17) is 4.74 Å². The van der Waals surface area contributed by atoms with Crippen molar-refractivity contribution in [2.45, 2.75) is 65.4 Å². The lowest BCUT2D eigenvalue weighted by atomic mass is 9.64. The van der Waals surface area contributed by atoms with Crippen LogP contribution >= 0.6 is 0 Å². The molecule has 5 atom stereocenters. The van der Waals surface area contributed by atoms with E-state index < -0.39 is 0 Å². The molecule has 0 aromatic carbocycles. The lowest BCUT2D eigenvalue weighted by Gasteiger charge is -2.46. The van der Waals surface area contributed by atoms with Crippen LogP contribution < -0.4 is 0 Å². The Morgan fingerprint density at radius 3 is 2.35 bits per heavy atom. The van der Waals surface area contributed by atoms with Crippen molar-refractivity contribution in [3.8, 4) is 0 Å². The quantitative estimate of drug-likeness (QED) is 0.661. The van der Waals surface area contributed by atoms with Crippen LogP contribution in [-0.2, 0) is 4.74 Å². The van der Waals surface area contributed by atoms with Gasteiger partial charge in [0.1, 0.15) is 0 Å². The minimum absolute atomic E-state index is 0.138. The molecule has 1 heteroatoms. The van der Waals surface area contributed by atoms with Gasteiger partial charge in [0, 0.05) is 7.11 Å². The minimum Gasteiger partial charge on any atom is -0.378 e. The number of methoxy groups -OCH3 is 1. The summed E-state index contributed by atoms with van der Waals surface area (Å²) in [6.45, 7) is 9.90. The molecule has 0 radical (unpaired) electrons. The molecule has 3 fully saturated rings. The van der Waals surface area contributed by atoms with Crippen LogP contribution in [0.3, 0.4) is 0 Å². The molecule has 1 nitrogen and oxygen atoms in total. The van der Waals surface area contributed by atoms with Crippen molar-refractivity contribution in [1.82, 2.24) is 0 Å². The number of hydrogen-bond acceptors (Lipinski definition) is 1. The van der Waals surface area contributed by atoms with E-state index in [1.165, 1.54) is 32.1 Å². The molecule has 0 saturated heterocycles. The van der Waals surface area contributed by atoms with E-state index in [1.807, 2.05) is 7.11 Å². The molecule has 17 heavy (non-hydrogen) atoms. The van der Waals surface area contributed by atoms with Crippen LogP contribution in [0.1, 0.15) is 59.8 Å². The highest BCUT2D eigenvalue weighted by atomic mass is 16.5. The summed E-state index contributed by atoms with van der Waals surface area (Å²) in [4.78, 5) is 0. The van der Waals surface area contributed by atoms with Crippen LogP contribution in [0.15, 0.2) is 0 Å². The highest BCUT2D eigenvalue weighted by Crippen LogP contribution is 2.73. The molecule has 0 heterocycles. The van der Waals surface area contributed by atoms with E-state index in [2.05, 4.69) is 27.7 Å². The Bertz CT molecular complexity index is 334. The Balaban J connectivity index is 2.04. The predicted molar refractivity (Wildman–Crippen MR) is 70.9 cm³/mol. The maximum absolute atomic E-state index is 5.94. The zero-order valence-corrected chi connectivity index (χ0v) is 12.2. The molecule has 0 unspecified atom stereocenters. The number of ether oxygens (including phenoxy) is 1. The molecular formula is C16H28O. The van der Waals surface area contributed by atoms with Crippen molar-refractivity contribution in [1.29, 1.82) is 0 Å². The van der Waals surface area contributed by atoms with Gasteiger partial charge in [0.2, 0.25) is 0 Å². The fraction of sp³-hybridized carbons (Fsp3) is 1.00. The fourth-order valence-electron chi connectivity index (χ4n) is 6.10. The molecule has 3 aliphatic carbocycles. The number of fused-ring (bicyclic) bond motifs is 1. The predicted octanol–water partition coefficient (Wildman–Crippen LogP) is 4.26. The van der Waals surface area contributed by atoms with Crippen LogP contribution in [0.4, 0.5) is 0 Å². The monoisotopic (exact) mass is 236 g/mol. The van der Waals surface area contributed by atoms with E-state index in [1.54, 1.807) is 0 Å². The average molecular weight is 236 g/mol. The Labute approximate surface area is 106 Å². The molecule has 0 aliphatic heterocycles. The molecule has 3 saturated carbocycles. The van der Waals surface area contributed by atoms with Crippen molar-refractivity contribution in [3.63, 3.8) is 0 Å². The van der Waals surface area contributed by atoms with Crippen LogP contribution in [-0.4, -0.2) is 12.7 Å². The van der Waals surface area contributed by atoms with E-state index >= 15 is 0 Å². The summed E-state index contributed by atoms with van der Waals surface area (Å²) in [5, 5.41) is 0. The second-order valence-electron chi connectivity index (χ2n) is 7.86. The largest absolute Gasteiger partial charge is 0.378 e. The Hall–Kier alpha value is -0.0400. The highest BCUT2D eigenvalue weighted by Gasteiger charge is 2.68. The van der Waals surface area contributed by atoms with Crippen molar-refractivity contribution in [3.05, 3.63) is 0 Å². The second kappa shape index (κ2) is 3.29. The Morgan fingerprint density at radius 1 is 1.00 bits per heavy atom. The molecule has 0 aromatic rings. The molecule has 3 rings (SSSR count). The van der Waals surface area contributed by atoms with E-state index in [9.17, 15) is 0 Å². The summed E-state index contributed by atoms with van der Waals surface area (Å²) in [6, 6.07) is 0. The summed E-state index contributed by atoms with van der Waals surface area (Å²) in [6.07, 6.45) is 7.03. The maximum atomic E-state index is 5.94. The normalized spacial score (nSPS) is 55.9. The third kappa shape index (κ3) is 1.25. The smallest absolute Gasteiger partial charge is 0.0684 e. The van der Waals surface area contributed by atoms with Gasteiger partial charge in [-0.25, -0.2) is 0 Å². The first-order chi connectivity index (χ1) is 7.87. The molecule has 3 aliphatic rings. The van der Waals surface area contributed by atoms with E-state index in [0.29, 0.717) is 10.8 Å². The Morgan fingerprint density at radius 2 is 1.71 bits per heavy atom. The minimum atomic E-state index is 0.138. The third-order valence-corrected chi connectivity index (χ3v) is 7.23.